The van der Waals surface area contributed by atoms with Gasteiger partial charge in [0.2, 0.25) is 11.8 Å². The molecule has 0 aliphatic heterocycles. The largest absolute Gasteiger partial charge is 0.472 e. The first-order chi connectivity index (χ1) is 27.2. The van der Waals surface area contributed by atoms with Crippen molar-refractivity contribution >= 4 is 47.2 Å². The Kier molecular flexibility index (Phi) is 16.2. The predicted octanol–water partition coefficient (Wildman–Crippen LogP) is 7.10. The maximum absolute atomic E-state index is 14.1. The van der Waals surface area contributed by atoms with E-state index in [1.165, 1.54) is 11.6 Å². The van der Waals surface area contributed by atoms with Crippen LogP contribution in [-0.2, 0) is 32.1 Å². The van der Waals surface area contributed by atoms with Crippen molar-refractivity contribution in [1.82, 2.24) is 30.2 Å². The Morgan fingerprint density at radius 2 is 1.22 bits per heavy atom. The summed E-state index contributed by atoms with van der Waals surface area (Å²) in [5, 5.41) is 5.95. The van der Waals surface area contributed by atoms with E-state index in [0.29, 0.717) is 18.0 Å². The molecule has 4 amide bonds. The number of imide groups is 1. The van der Waals surface area contributed by atoms with Crippen molar-refractivity contribution in [3.8, 4) is 5.88 Å². The SMILES string of the molecule is CN(C(=O)OC(C)(C)C)c1nc(OCc2ccccc2)c2c(N(C(=O)OC(C)(C)C)C(=O)OC(C)(C)C)nc(=O)n(CCNCCCCCNC(=O)OC(C)(C)C)c2n1. The molecule has 0 bridgehead atoms. The van der Waals surface area contributed by atoms with Crippen LogP contribution >= 0.6 is 0 Å². The molecular weight excluding hydrogens is 764 g/mol. The van der Waals surface area contributed by atoms with Gasteiger partial charge in [0, 0.05) is 26.7 Å². The number of hydrogen-bond donors (Lipinski definition) is 2. The number of rotatable bonds is 14. The van der Waals surface area contributed by atoms with Crippen LogP contribution in [0.3, 0.4) is 0 Å². The van der Waals surface area contributed by atoms with Crippen LogP contribution in [-0.4, -0.2) is 93.0 Å². The third-order valence-electron chi connectivity index (χ3n) is 7.52. The van der Waals surface area contributed by atoms with Gasteiger partial charge in [0.05, 0.1) is 0 Å². The number of nitrogens with one attached hydrogen (secondary N) is 2. The summed E-state index contributed by atoms with van der Waals surface area (Å²) in [5.74, 6) is -0.896. The number of fused-ring (bicyclic) bond motifs is 1. The van der Waals surface area contributed by atoms with Gasteiger partial charge in [0.15, 0.2) is 11.5 Å². The maximum Gasteiger partial charge on any atom is 0.425 e. The standard InChI is InChI=1S/C41H62N8O10/c1-38(2,3)56-34(51)43-23-19-15-18-22-42-24-25-48-29-28(30(45-33(48)50)49(36(53)58-40(7,8)9)37(54)59-41(10,11)12)31(55-26-27-20-16-14-17-21-27)46-32(44-29)47(13)35(52)57-39(4,5)6/h14,16-17,20-21,42H,15,18-19,22-26H2,1-13H3,(H,43,51). The van der Waals surface area contributed by atoms with Gasteiger partial charge in [0.25, 0.3) is 0 Å². The van der Waals surface area contributed by atoms with Crippen molar-refractivity contribution in [1.29, 1.82) is 0 Å². The van der Waals surface area contributed by atoms with E-state index < -0.39 is 58.3 Å². The lowest BCUT2D eigenvalue weighted by Gasteiger charge is -2.29. The number of carbonyl (C=O) groups is 4. The Hall–Kier alpha value is -5.52. The lowest BCUT2D eigenvalue weighted by atomic mass is 10.2. The average molecular weight is 827 g/mol. The molecule has 1 aromatic carbocycles. The van der Waals surface area contributed by atoms with Gasteiger partial charge < -0.3 is 34.3 Å². The Balaban J connectivity index is 2.13. The second-order valence-corrected chi connectivity index (χ2v) is 17.7. The number of ether oxygens (including phenoxy) is 5. The van der Waals surface area contributed by atoms with Crippen molar-refractivity contribution in [2.75, 3.05) is 36.5 Å². The van der Waals surface area contributed by atoms with E-state index in [9.17, 15) is 24.0 Å². The van der Waals surface area contributed by atoms with Crippen molar-refractivity contribution in [2.45, 2.75) is 138 Å². The summed E-state index contributed by atoms with van der Waals surface area (Å²) >= 11 is 0. The average Bonchev–Trinajstić information content (AvgIpc) is 3.07. The summed E-state index contributed by atoms with van der Waals surface area (Å²) in [6.07, 6.45) is -1.29. The molecule has 18 heteroatoms. The van der Waals surface area contributed by atoms with Crippen LogP contribution in [0.4, 0.5) is 30.9 Å². The van der Waals surface area contributed by atoms with Crippen molar-refractivity contribution < 1.29 is 42.9 Å². The molecule has 2 aromatic heterocycles. The molecule has 326 valence electrons. The molecule has 2 N–H and O–H groups in total. The van der Waals surface area contributed by atoms with E-state index in [0.717, 1.165) is 29.7 Å². The molecule has 0 aliphatic carbocycles. The lowest BCUT2D eigenvalue weighted by Crippen LogP contribution is -2.45. The fraction of sp³-hybridized carbons (Fsp3) is 0.610. The molecule has 0 saturated heterocycles. The molecule has 3 rings (SSSR count). The van der Waals surface area contributed by atoms with Gasteiger partial charge in [-0.3, -0.25) is 4.57 Å². The number of hydrogen-bond acceptors (Lipinski definition) is 14. The van der Waals surface area contributed by atoms with E-state index in [4.69, 9.17) is 23.7 Å². The van der Waals surface area contributed by atoms with Crippen LogP contribution in [0.15, 0.2) is 35.1 Å². The van der Waals surface area contributed by atoms with Crippen LogP contribution in [0.1, 0.15) is 108 Å². The van der Waals surface area contributed by atoms with Crippen LogP contribution < -0.4 is 30.9 Å². The quantitative estimate of drug-likeness (QED) is 0.123. The summed E-state index contributed by atoms with van der Waals surface area (Å²) < 4.78 is 29.6. The fourth-order valence-corrected chi connectivity index (χ4v) is 5.10. The molecule has 0 spiro atoms. The van der Waals surface area contributed by atoms with Crippen LogP contribution in [0.2, 0.25) is 0 Å². The monoisotopic (exact) mass is 826 g/mol. The van der Waals surface area contributed by atoms with E-state index in [-0.39, 0.29) is 42.6 Å². The highest BCUT2D eigenvalue weighted by molar-refractivity contribution is 6.14. The zero-order valence-corrected chi connectivity index (χ0v) is 36.8. The van der Waals surface area contributed by atoms with Gasteiger partial charge in [-0.05, 0) is 108 Å². The first-order valence-corrected chi connectivity index (χ1v) is 19.6. The highest BCUT2D eigenvalue weighted by atomic mass is 16.6. The van der Waals surface area contributed by atoms with Gasteiger partial charge in [0.1, 0.15) is 34.4 Å². The number of amides is 4. The number of nitrogens with zero attached hydrogens (tertiary/aromatic N) is 6. The zero-order chi connectivity index (χ0) is 44.3. The summed E-state index contributed by atoms with van der Waals surface area (Å²) in [7, 11) is 1.40. The molecule has 18 nitrogen and oxygen atoms in total. The number of carbonyl (C=O) groups excluding carboxylic acids is 4. The second-order valence-electron chi connectivity index (χ2n) is 17.7. The topological polar surface area (TPSA) is 206 Å². The first-order valence-electron chi connectivity index (χ1n) is 19.6. The number of benzene rings is 1. The van der Waals surface area contributed by atoms with Crippen molar-refractivity contribution in [3.05, 3.63) is 46.4 Å². The minimum absolute atomic E-state index is 0.0203. The number of aromatic nitrogens is 4. The predicted molar refractivity (Wildman–Crippen MR) is 223 cm³/mol. The van der Waals surface area contributed by atoms with Gasteiger partial charge in [-0.25, -0.2) is 28.9 Å². The van der Waals surface area contributed by atoms with E-state index in [1.54, 1.807) is 83.1 Å². The smallest absolute Gasteiger partial charge is 0.425 e. The highest BCUT2D eigenvalue weighted by Crippen LogP contribution is 2.34. The summed E-state index contributed by atoms with van der Waals surface area (Å²) in [5.41, 5.74) is -3.83. The van der Waals surface area contributed by atoms with E-state index in [1.807, 2.05) is 30.3 Å². The summed E-state index contributed by atoms with van der Waals surface area (Å²) in [6.45, 7) is 21.5. The molecule has 3 aromatic rings. The maximum atomic E-state index is 14.1. The fourth-order valence-electron chi connectivity index (χ4n) is 5.10. The number of unbranched alkanes of at least 4 members (excludes halogenated alkanes) is 2. The molecular formula is C41H62N8O10. The Labute approximate surface area is 346 Å². The summed E-state index contributed by atoms with van der Waals surface area (Å²) in [6, 6.07) is 9.13. The zero-order valence-electron chi connectivity index (χ0n) is 36.8. The Morgan fingerprint density at radius 3 is 1.78 bits per heavy atom. The third-order valence-corrected chi connectivity index (χ3v) is 7.52. The normalized spacial score (nSPS) is 12.1. The number of anilines is 2. The van der Waals surface area contributed by atoms with Crippen molar-refractivity contribution in [2.24, 2.45) is 0 Å². The lowest BCUT2D eigenvalue weighted by molar-refractivity contribution is 0.0425. The third kappa shape index (κ3) is 16.0. The van der Waals surface area contributed by atoms with Crippen LogP contribution in [0.5, 0.6) is 5.88 Å². The van der Waals surface area contributed by atoms with Crippen molar-refractivity contribution in [3.63, 3.8) is 0 Å². The van der Waals surface area contributed by atoms with Gasteiger partial charge in [-0.15, -0.1) is 0 Å². The minimum Gasteiger partial charge on any atom is -0.472 e. The molecule has 0 aliphatic rings. The molecule has 0 fully saturated rings. The first kappa shape index (κ1) is 47.9. The van der Waals surface area contributed by atoms with E-state index in [2.05, 4.69) is 25.6 Å². The highest BCUT2D eigenvalue weighted by Gasteiger charge is 2.38. The Morgan fingerprint density at radius 1 is 0.678 bits per heavy atom. The molecule has 59 heavy (non-hydrogen) atoms. The van der Waals surface area contributed by atoms with Gasteiger partial charge >= 0.3 is 30.1 Å². The molecule has 0 saturated carbocycles. The molecule has 0 radical (unpaired) electrons. The minimum atomic E-state index is -1.18. The molecule has 2 heterocycles. The van der Waals surface area contributed by atoms with Gasteiger partial charge in [-0.2, -0.15) is 19.9 Å². The van der Waals surface area contributed by atoms with Crippen LogP contribution in [0, 0.1) is 0 Å². The molecule has 0 unspecified atom stereocenters. The molecule has 0 atom stereocenters. The summed E-state index contributed by atoms with van der Waals surface area (Å²) in [4.78, 5) is 82.2. The van der Waals surface area contributed by atoms with Gasteiger partial charge in [-0.1, -0.05) is 36.8 Å². The Bertz CT molecular complexity index is 1950. The number of alkyl carbamates (subject to hydrolysis) is 1. The second kappa shape index (κ2) is 20.0. The van der Waals surface area contributed by atoms with Crippen LogP contribution in [0.25, 0.3) is 11.0 Å². The van der Waals surface area contributed by atoms with E-state index >= 15 is 0 Å².